The van der Waals surface area contributed by atoms with Crippen LogP contribution in [0, 0.1) is 0 Å². The Balaban J connectivity index is 1.84. The second-order valence-corrected chi connectivity index (χ2v) is 6.02. The second-order valence-electron chi connectivity index (χ2n) is 5.24. The van der Waals surface area contributed by atoms with Crippen molar-refractivity contribution >= 4 is 29.0 Å². The third kappa shape index (κ3) is 1.90. The molecule has 5 nitrogen and oxygen atoms in total. The summed E-state index contributed by atoms with van der Waals surface area (Å²) in [5.74, 6) is 0.129. The Labute approximate surface area is 116 Å². The van der Waals surface area contributed by atoms with Gasteiger partial charge >= 0.3 is 6.03 Å². The van der Waals surface area contributed by atoms with E-state index in [1.54, 1.807) is 30.3 Å². The number of amides is 3. The summed E-state index contributed by atoms with van der Waals surface area (Å²) < 4.78 is 0. The number of anilines is 1. The minimum Gasteiger partial charge on any atom is -0.331 e. The van der Waals surface area contributed by atoms with Crippen LogP contribution in [-0.4, -0.2) is 54.5 Å². The van der Waals surface area contributed by atoms with Crippen molar-refractivity contribution in [2.75, 3.05) is 25.5 Å². The molecule has 3 heterocycles. The fourth-order valence-corrected chi connectivity index (χ4v) is 3.70. The molecule has 2 aliphatic heterocycles. The molecule has 1 aromatic heterocycles. The lowest BCUT2D eigenvalue weighted by molar-refractivity contribution is -0.117. The molecule has 0 aliphatic carbocycles. The molecule has 0 bridgehead atoms. The van der Waals surface area contributed by atoms with Crippen LogP contribution in [0.25, 0.3) is 0 Å². The molecule has 0 spiro atoms. The molecule has 0 N–H and O–H groups in total. The van der Waals surface area contributed by atoms with Crippen LogP contribution >= 0.6 is 11.3 Å². The Morgan fingerprint density at radius 2 is 2.21 bits per heavy atom. The molecular formula is C13H17N3O2S. The number of hydrogen-bond acceptors (Lipinski definition) is 3. The van der Waals surface area contributed by atoms with E-state index >= 15 is 0 Å². The fraction of sp³-hybridized carbons (Fsp3) is 0.538. The van der Waals surface area contributed by atoms with Gasteiger partial charge in [-0.15, -0.1) is 0 Å². The smallest absolute Gasteiger partial charge is 0.319 e. The molecule has 0 unspecified atom stereocenters. The molecule has 0 aromatic carbocycles. The maximum atomic E-state index is 12.2. The van der Waals surface area contributed by atoms with Gasteiger partial charge in [-0.25, -0.2) is 4.79 Å². The topological polar surface area (TPSA) is 43.9 Å². The van der Waals surface area contributed by atoms with Gasteiger partial charge in [-0.3, -0.25) is 4.79 Å². The van der Waals surface area contributed by atoms with Crippen molar-refractivity contribution in [2.24, 2.45) is 0 Å². The van der Waals surface area contributed by atoms with Gasteiger partial charge in [0.25, 0.3) is 0 Å². The van der Waals surface area contributed by atoms with Crippen LogP contribution in [0.3, 0.4) is 0 Å². The predicted octanol–water partition coefficient (Wildman–Crippen LogP) is 1.61. The lowest BCUT2D eigenvalue weighted by Crippen LogP contribution is -2.44. The van der Waals surface area contributed by atoms with Gasteiger partial charge < -0.3 is 14.7 Å². The average Bonchev–Trinajstić information content (AvgIpc) is 3.03. The van der Waals surface area contributed by atoms with E-state index < -0.39 is 0 Å². The van der Waals surface area contributed by atoms with E-state index in [1.807, 2.05) is 26.6 Å². The van der Waals surface area contributed by atoms with Crippen molar-refractivity contribution in [2.45, 2.75) is 24.9 Å². The zero-order chi connectivity index (χ0) is 13.6. The highest BCUT2D eigenvalue weighted by molar-refractivity contribution is 7.08. The first kappa shape index (κ1) is 12.5. The number of rotatable bonds is 1. The summed E-state index contributed by atoms with van der Waals surface area (Å²) in [6.07, 6.45) is 1.31. The molecule has 0 saturated carbocycles. The van der Waals surface area contributed by atoms with Gasteiger partial charge in [0.05, 0.1) is 17.8 Å². The number of nitrogens with zero attached hydrogens (tertiary/aromatic N) is 3. The summed E-state index contributed by atoms with van der Waals surface area (Å²) in [6.45, 7) is 0.736. The molecule has 3 amide bonds. The molecule has 2 aliphatic rings. The van der Waals surface area contributed by atoms with Gasteiger partial charge in [0.15, 0.2) is 0 Å². The SMILES string of the molecule is CN(C)C(=O)N1CC[C@@H]2[C@@H]1CC(=O)N2c1ccsc1. The molecule has 3 rings (SSSR count). The first-order valence-electron chi connectivity index (χ1n) is 6.42. The van der Waals surface area contributed by atoms with Gasteiger partial charge in [0, 0.05) is 32.4 Å². The molecule has 19 heavy (non-hydrogen) atoms. The van der Waals surface area contributed by atoms with E-state index in [4.69, 9.17) is 0 Å². The normalized spacial score (nSPS) is 25.9. The van der Waals surface area contributed by atoms with Crippen LogP contribution < -0.4 is 4.90 Å². The molecule has 2 fully saturated rings. The Morgan fingerprint density at radius 1 is 1.42 bits per heavy atom. The number of carbonyl (C=O) groups is 2. The third-order valence-corrected chi connectivity index (χ3v) is 4.58. The zero-order valence-corrected chi connectivity index (χ0v) is 11.9. The first-order valence-corrected chi connectivity index (χ1v) is 7.36. The lowest BCUT2D eigenvalue weighted by atomic mass is 10.1. The van der Waals surface area contributed by atoms with Crippen molar-refractivity contribution in [1.29, 1.82) is 0 Å². The van der Waals surface area contributed by atoms with E-state index in [1.165, 1.54) is 0 Å². The lowest BCUT2D eigenvalue weighted by Gasteiger charge is -2.27. The average molecular weight is 279 g/mol. The van der Waals surface area contributed by atoms with Crippen LogP contribution in [0.4, 0.5) is 10.5 Å². The molecule has 2 saturated heterocycles. The Bertz CT molecular complexity index is 500. The van der Waals surface area contributed by atoms with Gasteiger partial charge in [0.1, 0.15) is 0 Å². The van der Waals surface area contributed by atoms with Gasteiger partial charge in [-0.05, 0) is 17.9 Å². The number of hydrogen-bond donors (Lipinski definition) is 0. The number of carbonyl (C=O) groups excluding carboxylic acids is 2. The molecule has 1 aromatic rings. The summed E-state index contributed by atoms with van der Waals surface area (Å²) in [6, 6.07) is 2.15. The van der Waals surface area contributed by atoms with E-state index in [-0.39, 0.29) is 24.0 Å². The van der Waals surface area contributed by atoms with Crippen molar-refractivity contribution in [3.63, 3.8) is 0 Å². The zero-order valence-electron chi connectivity index (χ0n) is 11.1. The molecule has 0 radical (unpaired) electrons. The summed E-state index contributed by atoms with van der Waals surface area (Å²) in [5, 5.41) is 3.98. The number of thiophene rings is 1. The molecule has 2 atom stereocenters. The molecule has 102 valence electrons. The van der Waals surface area contributed by atoms with Crippen molar-refractivity contribution in [3.05, 3.63) is 16.8 Å². The van der Waals surface area contributed by atoms with E-state index in [0.29, 0.717) is 6.42 Å². The Morgan fingerprint density at radius 3 is 2.84 bits per heavy atom. The minimum atomic E-state index is 0.00692. The van der Waals surface area contributed by atoms with Crippen LogP contribution in [-0.2, 0) is 4.79 Å². The summed E-state index contributed by atoms with van der Waals surface area (Å²) in [4.78, 5) is 29.6. The maximum absolute atomic E-state index is 12.2. The van der Waals surface area contributed by atoms with Crippen molar-refractivity contribution in [3.8, 4) is 0 Å². The fourth-order valence-electron chi connectivity index (χ4n) is 3.07. The van der Waals surface area contributed by atoms with Crippen LogP contribution in [0.5, 0.6) is 0 Å². The highest BCUT2D eigenvalue weighted by Crippen LogP contribution is 2.36. The van der Waals surface area contributed by atoms with Gasteiger partial charge in [-0.1, -0.05) is 0 Å². The number of urea groups is 1. The standard InChI is InChI=1S/C13H17N3O2S/c1-14(2)13(18)15-5-3-10-11(15)7-12(17)16(10)9-4-6-19-8-9/h4,6,8,10-11H,3,5,7H2,1-2H3/t10-,11+/m1/s1. The third-order valence-electron chi connectivity index (χ3n) is 3.91. The Kier molecular flexibility index (Phi) is 2.97. The highest BCUT2D eigenvalue weighted by Gasteiger charge is 2.49. The maximum Gasteiger partial charge on any atom is 0.319 e. The van der Waals surface area contributed by atoms with Gasteiger partial charge in [0.2, 0.25) is 5.91 Å². The van der Waals surface area contributed by atoms with Crippen LogP contribution in [0.15, 0.2) is 16.8 Å². The summed E-state index contributed by atoms with van der Waals surface area (Å²) in [7, 11) is 3.51. The highest BCUT2D eigenvalue weighted by atomic mass is 32.1. The quantitative estimate of drug-likeness (QED) is 0.784. The van der Waals surface area contributed by atoms with Crippen LogP contribution in [0.2, 0.25) is 0 Å². The molecule has 6 heteroatoms. The predicted molar refractivity (Wildman–Crippen MR) is 74.4 cm³/mol. The summed E-state index contributed by atoms with van der Waals surface area (Å²) >= 11 is 1.59. The Hall–Kier alpha value is -1.56. The van der Waals surface area contributed by atoms with Gasteiger partial charge in [-0.2, -0.15) is 11.3 Å². The monoisotopic (exact) mass is 279 g/mol. The van der Waals surface area contributed by atoms with Crippen molar-refractivity contribution < 1.29 is 9.59 Å². The van der Waals surface area contributed by atoms with E-state index in [9.17, 15) is 9.59 Å². The second kappa shape index (κ2) is 4.52. The van der Waals surface area contributed by atoms with Crippen LogP contribution in [0.1, 0.15) is 12.8 Å². The molecular weight excluding hydrogens is 262 g/mol. The number of likely N-dealkylation sites (tertiary alicyclic amines) is 1. The largest absolute Gasteiger partial charge is 0.331 e. The minimum absolute atomic E-state index is 0.00692. The van der Waals surface area contributed by atoms with E-state index in [2.05, 4.69) is 0 Å². The first-order chi connectivity index (χ1) is 9.09. The van der Waals surface area contributed by atoms with E-state index in [0.717, 1.165) is 18.7 Å². The summed E-state index contributed by atoms with van der Waals surface area (Å²) in [5.41, 5.74) is 0.974. The number of fused-ring (bicyclic) bond motifs is 1. The van der Waals surface area contributed by atoms with Crippen molar-refractivity contribution in [1.82, 2.24) is 9.80 Å².